The number of nitro benzene ring substituents is 1. The molecule has 1 fully saturated rings. The average Bonchev–Trinajstić information content (AvgIpc) is 2.66. The van der Waals surface area contributed by atoms with Crippen LogP contribution in [0.15, 0.2) is 42.6 Å². The molecule has 0 N–H and O–H groups in total. The number of aromatic nitrogens is 1. The molecule has 1 aromatic heterocycles. The predicted octanol–water partition coefficient (Wildman–Crippen LogP) is 2.03. The minimum Gasteiger partial charge on any atom is -0.484 e. The Hall–Kier alpha value is -3.16. The topological polar surface area (TPSA) is 88.8 Å². The fourth-order valence-corrected chi connectivity index (χ4v) is 2.88. The second kappa shape index (κ2) is 7.81. The first-order valence-electron chi connectivity index (χ1n) is 8.36. The number of benzene rings is 1. The molecule has 0 bridgehead atoms. The van der Waals surface area contributed by atoms with Crippen LogP contribution in [0.25, 0.3) is 0 Å². The zero-order chi connectivity index (χ0) is 18.5. The van der Waals surface area contributed by atoms with E-state index in [1.165, 1.54) is 12.1 Å². The first kappa shape index (κ1) is 17.7. The number of nitro groups is 1. The fraction of sp³-hybridized carbons (Fsp3) is 0.333. The van der Waals surface area contributed by atoms with Crippen LogP contribution in [0.4, 0.5) is 11.5 Å². The van der Waals surface area contributed by atoms with Crippen LogP contribution >= 0.6 is 0 Å². The number of carbonyl (C=O) groups excluding carboxylic acids is 1. The van der Waals surface area contributed by atoms with Crippen molar-refractivity contribution in [2.45, 2.75) is 6.92 Å². The van der Waals surface area contributed by atoms with E-state index in [0.29, 0.717) is 24.4 Å². The summed E-state index contributed by atoms with van der Waals surface area (Å²) in [5.41, 5.74) is 0.540. The smallest absolute Gasteiger partial charge is 0.272 e. The Morgan fingerprint density at radius 1 is 1.23 bits per heavy atom. The number of amides is 1. The molecule has 0 atom stereocenters. The maximum Gasteiger partial charge on any atom is 0.272 e. The van der Waals surface area contributed by atoms with E-state index >= 15 is 0 Å². The van der Waals surface area contributed by atoms with Gasteiger partial charge >= 0.3 is 0 Å². The zero-order valence-corrected chi connectivity index (χ0v) is 14.5. The van der Waals surface area contributed by atoms with Crippen LogP contribution in [0.5, 0.6) is 5.75 Å². The second-order valence-corrected chi connectivity index (χ2v) is 6.05. The molecule has 2 aromatic rings. The van der Waals surface area contributed by atoms with Crippen LogP contribution in [0.1, 0.15) is 5.56 Å². The third kappa shape index (κ3) is 4.08. The molecule has 0 spiro atoms. The van der Waals surface area contributed by atoms with Crippen LogP contribution < -0.4 is 9.64 Å². The standard InChI is InChI=1S/C18H20N4O4/c1-14-12-15(5-6-16(14)22(24)25)26-13-18(23)21-10-8-20(9-11-21)17-4-2-3-7-19-17/h2-7,12H,8-11,13H2,1H3. The van der Waals surface area contributed by atoms with Gasteiger partial charge in [-0.05, 0) is 31.2 Å². The van der Waals surface area contributed by atoms with E-state index < -0.39 is 4.92 Å². The van der Waals surface area contributed by atoms with Gasteiger partial charge in [-0.1, -0.05) is 6.07 Å². The van der Waals surface area contributed by atoms with Gasteiger partial charge in [0.05, 0.1) is 4.92 Å². The largest absolute Gasteiger partial charge is 0.484 e. The lowest BCUT2D eigenvalue weighted by Gasteiger charge is -2.35. The highest BCUT2D eigenvalue weighted by atomic mass is 16.6. The van der Waals surface area contributed by atoms with Crippen LogP contribution in [-0.4, -0.2) is 53.5 Å². The van der Waals surface area contributed by atoms with Gasteiger partial charge in [-0.2, -0.15) is 0 Å². The number of anilines is 1. The van der Waals surface area contributed by atoms with E-state index in [9.17, 15) is 14.9 Å². The average molecular weight is 356 g/mol. The third-order valence-corrected chi connectivity index (χ3v) is 4.33. The molecule has 0 saturated carbocycles. The van der Waals surface area contributed by atoms with Crippen molar-refractivity contribution in [3.8, 4) is 5.75 Å². The Kier molecular flexibility index (Phi) is 5.31. The molecule has 1 amide bonds. The SMILES string of the molecule is Cc1cc(OCC(=O)N2CCN(c3ccccn3)CC2)ccc1[N+](=O)[O-]. The Morgan fingerprint density at radius 3 is 2.62 bits per heavy atom. The van der Waals surface area contributed by atoms with Gasteiger partial charge in [0.15, 0.2) is 6.61 Å². The van der Waals surface area contributed by atoms with Crippen molar-refractivity contribution in [2.75, 3.05) is 37.7 Å². The number of aryl methyl sites for hydroxylation is 1. The molecule has 1 aliphatic heterocycles. The summed E-state index contributed by atoms with van der Waals surface area (Å²) >= 11 is 0. The molecule has 0 unspecified atom stereocenters. The number of pyridine rings is 1. The lowest BCUT2D eigenvalue weighted by Crippen LogP contribution is -2.50. The Morgan fingerprint density at radius 2 is 2.00 bits per heavy atom. The van der Waals surface area contributed by atoms with Crippen LogP contribution in [0.3, 0.4) is 0 Å². The molecule has 1 aliphatic rings. The number of hydrogen-bond acceptors (Lipinski definition) is 6. The van der Waals surface area contributed by atoms with E-state index in [0.717, 1.165) is 18.9 Å². The van der Waals surface area contributed by atoms with Crippen molar-refractivity contribution >= 4 is 17.4 Å². The minimum atomic E-state index is -0.439. The van der Waals surface area contributed by atoms with Crippen LogP contribution in [-0.2, 0) is 4.79 Å². The van der Waals surface area contributed by atoms with E-state index in [-0.39, 0.29) is 18.2 Å². The lowest BCUT2D eigenvalue weighted by molar-refractivity contribution is -0.385. The number of nitrogens with zero attached hydrogens (tertiary/aromatic N) is 4. The van der Waals surface area contributed by atoms with Crippen LogP contribution in [0.2, 0.25) is 0 Å². The van der Waals surface area contributed by atoms with Gasteiger partial charge in [0.2, 0.25) is 0 Å². The second-order valence-electron chi connectivity index (χ2n) is 6.05. The van der Waals surface area contributed by atoms with Crippen molar-refractivity contribution < 1.29 is 14.5 Å². The predicted molar refractivity (Wildman–Crippen MR) is 96.4 cm³/mol. The highest BCUT2D eigenvalue weighted by Gasteiger charge is 2.22. The van der Waals surface area contributed by atoms with Gasteiger partial charge < -0.3 is 14.5 Å². The van der Waals surface area contributed by atoms with Crippen LogP contribution in [0, 0.1) is 17.0 Å². The zero-order valence-electron chi connectivity index (χ0n) is 14.5. The van der Waals surface area contributed by atoms with Gasteiger partial charge in [0.25, 0.3) is 11.6 Å². The Bertz CT molecular complexity index is 789. The van der Waals surface area contributed by atoms with Crippen molar-refractivity contribution in [1.29, 1.82) is 0 Å². The third-order valence-electron chi connectivity index (χ3n) is 4.33. The van der Waals surface area contributed by atoms with Gasteiger partial charge in [0, 0.05) is 44.0 Å². The van der Waals surface area contributed by atoms with E-state index in [1.807, 2.05) is 18.2 Å². The summed E-state index contributed by atoms with van der Waals surface area (Å²) in [5, 5.41) is 10.8. The van der Waals surface area contributed by atoms with Crippen molar-refractivity contribution in [3.05, 3.63) is 58.3 Å². The minimum absolute atomic E-state index is 0.0364. The summed E-state index contributed by atoms with van der Waals surface area (Å²) in [6.45, 7) is 4.22. The highest BCUT2D eigenvalue weighted by molar-refractivity contribution is 5.78. The van der Waals surface area contributed by atoms with Crippen molar-refractivity contribution in [2.24, 2.45) is 0 Å². The Balaban J connectivity index is 1.50. The molecule has 136 valence electrons. The summed E-state index contributed by atoms with van der Waals surface area (Å²) in [6, 6.07) is 10.3. The summed E-state index contributed by atoms with van der Waals surface area (Å²) in [6.07, 6.45) is 1.76. The molecule has 0 aliphatic carbocycles. The van der Waals surface area contributed by atoms with Gasteiger partial charge in [-0.3, -0.25) is 14.9 Å². The van der Waals surface area contributed by atoms with Gasteiger partial charge in [-0.25, -0.2) is 4.98 Å². The maximum atomic E-state index is 12.3. The molecule has 1 aromatic carbocycles. The molecule has 8 heteroatoms. The summed E-state index contributed by atoms with van der Waals surface area (Å²) in [7, 11) is 0. The molecular formula is C18H20N4O4. The highest BCUT2D eigenvalue weighted by Crippen LogP contribution is 2.23. The van der Waals surface area contributed by atoms with Crippen molar-refractivity contribution in [1.82, 2.24) is 9.88 Å². The van der Waals surface area contributed by atoms with Gasteiger partial charge in [0.1, 0.15) is 11.6 Å². The molecule has 0 radical (unpaired) electrons. The number of rotatable bonds is 5. The lowest BCUT2D eigenvalue weighted by atomic mass is 10.2. The molecule has 2 heterocycles. The normalized spacial score (nSPS) is 14.2. The first-order valence-corrected chi connectivity index (χ1v) is 8.36. The van der Waals surface area contributed by atoms with E-state index in [2.05, 4.69) is 9.88 Å². The van der Waals surface area contributed by atoms with Gasteiger partial charge in [-0.15, -0.1) is 0 Å². The summed E-state index contributed by atoms with van der Waals surface area (Å²) in [4.78, 5) is 31.0. The van der Waals surface area contributed by atoms with E-state index in [4.69, 9.17) is 4.74 Å². The number of hydrogen-bond donors (Lipinski definition) is 0. The molecule has 3 rings (SSSR count). The maximum absolute atomic E-state index is 12.3. The first-order chi connectivity index (χ1) is 12.5. The van der Waals surface area contributed by atoms with E-state index in [1.54, 1.807) is 24.1 Å². The summed E-state index contributed by atoms with van der Waals surface area (Å²) in [5.74, 6) is 1.27. The molecule has 1 saturated heterocycles. The quantitative estimate of drug-likeness (QED) is 0.602. The molecule has 26 heavy (non-hydrogen) atoms. The number of carbonyl (C=O) groups is 1. The molecule has 8 nitrogen and oxygen atoms in total. The fourth-order valence-electron chi connectivity index (χ4n) is 2.88. The number of ether oxygens (including phenoxy) is 1. The number of piperazine rings is 1. The Labute approximate surface area is 151 Å². The van der Waals surface area contributed by atoms with Crippen molar-refractivity contribution in [3.63, 3.8) is 0 Å². The summed E-state index contributed by atoms with van der Waals surface area (Å²) < 4.78 is 5.51. The monoisotopic (exact) mass is 356 g/mol. The molecular weight excluding hydrogens is 336 g/mol.